The number of fused-ring (bicyclic) bond motifs is 1. The molecular weight excluding hydrogens is 519 g/mol. The molecule has 2 aromatic rings. The monoisotopic (exact) mass is 551 g/mol. The van der Waals surface area contributed by atoms with Crippen LogP contribution in [0.5, 0.6) is 0 Å². The van der Waals surface area contributed by atoms with Gasteiger partial charge in [0, 0.05) is 43.0 Å². The van der Waals surface area contributed by atoms with Crippen LogP contribution >= 0.6 is 11.3 Å². The number of carbonyl (C=O) groups excluding carboxylic acids is 2. The maximum Gasteiger partial charge on any atom is 0.410 e. The predicted molar refractivity (Wildman–Crippen MR) is 136 cm³/mol. The zero-order chi connectivity index (χ0) is 27.1. The summed E-state index contributed by atoms with van der Waals surface area (Å²) in [6.07, 6.45) is -0.625. The lowest BCUT2D eigenvalue weighted by atomic mass is 9.78. The average Bonchev–Trinajstić information content (AvgIpc) is 3.11. The van der Waals surface area contributed by atoms with Crippen LogP contribution < -0.4 is 4.90 Å². The van der Waals surface area contributed by atoms with Gasteiger partial charge in [-0.05, 0) is 57.9 Å². The molecule has 12 heteroatoms. The third-order valence-corrected chi connectivity index (χ3v) is 9.26. The summed E-state index contributed by atoms with van der Waals surface area (Å²) in [4.78, 5) is 41.5. The highest BCUT2D eigenvalue weighted by atomic mass is 32.1. The van der Waals surface area contributed by atoms with Crippen molar-refractivity contribution in [3.8, 4) is 0 Å². The number of hydrogen-bond donors (Lipinski definition) is 0. The zero-order valence-electron chi connectivity index (χ0n) is 21.8. The Hall–Kier alpha value is -2.63. The van der Waals surface area contributed by atoms with Gasteiger partial charge in [0.1, 0.15) is 28.6 Å². The highest BCUT2D eigenvalue weighted by molar-refractivity contribution is 7.18. The quantitative estimate of drug-likeness (QED) is 0.554. The molecule has 0 radical (unpaired) electrons. The second-order valence-electron chi connectivity index (χ2n) is 12.6. The van der Waals surface area contributed by atoms with Crippen LogP contribution in [-0.4, -0.2) is 82.3 Å². The minimum absolute atomic E-state index is 0.0113. The molecule has 5 heterocycles. The van der Waals surface area contributed by atoms with E-state index in [2.05, 4.69) is 14.9 Å². The topological polar surface area (TPSA) is 78.9 Å². The van der Waals surface area contributed by atoms with E-state index in [0.717, 1.165) is 37.1 Å². The number of alkyl halides is 3. The SMILES string of the molecule is CC(C)(C)OC(=O)N1CC2(CC2)CC1C(=O)N1CC2(CCN(c3ncnc4sc(CC(F)(F)F)cc34)C2)C1. The number of ether oxygens (including phenoxy) is 1. The molecule has 0 bridgehead atoms. The van der Waals surface area contributed by atoms with E-state index in [0.29, 0.717) is 48.6 Å². The Labute approximate surface area is 223 Å². The summed E-state index contributed by atoms with van der Waals surface area (Å²) >= 11 is 1.05. The van der Waals surface area contributed by atoms with E-state index in [1.54, 1.807) is 11.0 Å². The second-order valence-corrected chi connectivity index (χ2v) is 13.7. The Balaban J connectivity index is 1.12. The first-order valence-corrected chi connectivity index (χ1v) is 13.9. The molecule has 0 N–H and O–H groups in total. The first kappa shape index (κ1) is 25.6. The van der Waals surface area contributed by atoms with E-state index in [4.69, 9.17) is 4.74 Å². The smallest absolute Gasteiger partial charge is 0.410 e. The Morgan fingerprint density at radius 2 is 1.82 bits per heavy atom. The molecule has 1 aliphatic carbocycles. The maximum absolute atomic E-state index is 13.6. The normalized spacial score (nSPS) is 23.9. The summed E-state index contributed by atoms with van der Waals surface area (Å²) in [5.41, 5.74) is -0.640. The molecule has 1 unspecified atom stereocenters. The van der Waals surface area contributed by atoms with Gasteiger partial charge in [-0.2, -0.15) is 13.2 Å². The molecule has 3 saturated heterocycles. The van der Waals surface area contributed by atoms with Crippen molar-refractivity contribution >= 4 is 39.4 Å². The van der Waals surface area contributed by atoms with Gasteiger partial charge in [-0.1, -0.05) is 0 Å². The lowest BCUT2D eigenvalue weighted by Crippen LogP contribution is -2.63. The van der Waals surface area contributed by atoms with Crippen molar-refractivity contribution in [3.05, 3.63) is 17.3 Å². The van der Waals surface area contributed by atoms with Gasteiger partial charge in [-0.15, -0.1) is 11.3 Å². The van der Waals surface area contributed by atoms with Gasteiger partial charge < -0.3 is 14.5 Å². The molecule has 38 heavy (non-hydrogen) atoms. The van der Waals surface area contributed by atoms with Crippen molar-refractivity contribution in [1.29, 1.82) is 0 Å². The second kappa shape index (κ2) is 8.43. The fraction of sp³-hybridized carbons (Fsp3) is 0.692. The van der Waals surface area contributed by atoms with Gasteiger partial charge in [0.05, 0.1) is 11.8 Å². The summed E-state index contributed by atoms with van der Waals surface area (Å²) in [6.45, 7) is 8.66. The highest BCUT2D eigenvalue weighted by Gasteiger charge is 2.58. The molecular formula is C26H32F3N5O3S. The first-order valence-electron chi connectivity index (χ1n) is 13.1. The molecule has 1 saturated carbocycles. The molecule has 4 fully saturated rings. The van der Waals surface area contributed by atoms with E-state index in [9.17, 15) is 22.8 Å². The van der Waals surface area contributed by atoms with Crippen LogP contribution in [0.15, 0.2) is 12.4 Å². The standard InChI is InChI=1S/C26H32F3N5O3S/c1-23(2,3)37-22(36)34-14-24(4-5-24)10-18(34)21(35)33-12-25(13-33)6-7-32(11-25)19-17-8-16(9-26(27,28)29)38-20(17)31-15-30-19/h8,15,18H,4-7,9-14H2,1-3H3. The van der Waals surface area contributed by atoms with Crippen LogP contribution in [0.3, 0.4) is 0 Å². The van der Waals surface area contributed by atoms with E-state index < -0.39 is 30.3 Å². The Kier molecular flexibility index (Phi) is 5.69. The summed E-state index contributed by atoms with van der Waals surface area (Å²) in [5.74, 6) is 0.645. The number of anilines is 1. The average molecular weight is 552 g/mol. The lowest BCUT2D eigenvalue weighted by Gasteiger charge is -2.49. The number of hydrogen-bond acceptors (Lipinski definition) is 7. The van der Waals surface area contributed by atoms with E-state index in [1.807, 2.05) is 25.7 Å². The molecule has 4 aliphatic rings. The fourth-order valence-electron chi connectivity index (χ4n) is 6.26. The van der Waals surface area contributed by atoms with Crippen LogP contribution in [0, 0.1) is 10.8 Å². The minimum Gasteiger partial charge on any atom is -0.444 e. The largest absolute Gasteiger partial charge is 0.444 e. The van der Waals surface area contributed by atoms with E-state index in [-0.39, 0.29) is 21.6 Å². The third-order valence-electron chi connectivity index (χ3n) is 8.21. The molecule has 8 nitrogen and oxygen atoms in total. The number of amides is 2. The number of thiophene rings is 1. The van der Waals surface area contributed by atoms with Crippen molar-refractivity contribution in [2.75, 3.05) is 37.6 Å². The van der Waals surface area contributed by atoms with Gasteiger partial charge in [0.15, 0.2) is 0 Å². The molecule has 2 aromatic heterocycles. The molecule has 2 amide bonds. The fourth-order valence-corrected chi connectivity index (χ4v) is 7.28. The highest BCUT2D eigenvalue weighted by Crippen LogP contribution is 2.55. The summed E-state index contributed by atoms with van der Waals surface area (Å²) in [5, 5.41) is 0.648. The number of likely N-dealkylation sites (tertiary alicyclic amines) is 2. The summed E-state index contributed by atoms with van der Waals surface area (Å²) in [7, 11) is 0. The van der Waals surface area contributed by atoms with Gasteiger partial charge in [-0.3, -0.25) is 9.69 Å². The molecule has 3 aliphatic heterocycles. The first-order chi connectivity index (χ1) is 17.7. The molecule has 206 valence electrons. The van der Waals surface area contributed by atoms with Crippen molar-refractivity contribution < 1.29 is 27.5 Å². The Bertz CT molecular complexity index is 1280. The van der Waals surface area contributed by atoms with Crippen molar-refractivity contribution in [2.45, 2.75) is 70.7 Å². The number of nitrogens with zero attached hydrogens (tertiary/aromatic N) is 5. The zero-order valence-corrected chi connectivity index (χ0v) is 22.6. The van der Waals surface area contributed by atoms with Crippen LogP contribution in [-0.2, 0) is 16.0 Å². The van der Waals surface area contributed by atoms with Gasteiger partial charge in [0.25, 0.3) is 0 Å². The number of halogens is 3. The van der Waals surface area contributed by atoms with Crippen LogP contribution in [0.25, 0.3) is 10.2 Å². The van der Waals surface area contributed by atoms with Crippen molar-refractivity contribution in [1.82, 2.24) is 19.8 Å². The summed E-state index contributed by atoms with van der Waals surface area (Å²) in [6, 6.07) is 1.07. The number of carbonyl (C=O) groups is 2. The number of aromatic nitrogens is 2. The Morgan fingerprint density at radius 1 is 1.08 bits per heavy atom. The van der Waals surface area contributed by atoms with Crippen LogP contribution in [0.4, 0.5) is 23.8 Å². The Morgan fingerprint density at radius 3 is 2.47 bits per heavy atom. The summed E-state index contributed by atoms with van der Waals surface area (Å²) < 4.78 is 44.4. The van der Waals surface area contributed by atoms with Crippen LogP contribution in [0.1, 0.15) is 51.3 Å². The molecule has 1 atom stereocenters. The van der Waals surface area contributed by atoms with Crippen molar-refractivity contribution in [2.24, 2.45) is 10.8 Å². The number of rotatable bonds is 3. The predicted octanol–water partition coefficient (Wildman–Crippen LogP) is 4.62. The maximum atomic E-state index is 13.6. The van der Waals surface area contributed by atoms with Crippen LogP contribution in [0.2, 0.25) is 0 Å². The van der Waals surface area contributed by atoms with E-state index in [1.165, 1.54) is 6.33 Å². The van der Waals surface area contributed by atoms with Gasteiger partial charge in [0.2, 0.25) is 5.91 Å². The third kappa shape index (κ3) is 4.80. The van der Waals surface area contributed by atoms with Crippen molar-refractivity contribution in [3.63, 3.8) is 0 Å². The van der Waals surface area contributed by atoms with Gasteiger partial charge in [-0.25, -0.2) is 14.8 Å². The lowest BCUT2D eigenvalue weighted by molar-refractivity contribution is -0.147. The molecule has 0 aromatic carbocycles. The molecule has 2 spiro atoms. The van der Waals surface area contributed by atoms with Gasteiger partial charge >= 0.3 is 12.3 Å². The minimum atomic E-state index is -4.27. The molecule has 6 rings (SSSR count). The van der Waals surface area contributed by atoms with E-state index >= 15 is 0 Å².